The summed E-state index contributed by atoms with van der Waals surface area (Å²) in [6.45, 7) is 0. The van der Waals surface area contributed by atoms with E-state index < -0.39 is 0 Å². The first kappa shape index (κ1) is 12.0. The standard InChI is InChI=1S/C12H10BrFN2O/c1-16-3-2-11(15-16)12(17)6-8-4-9(13)7-10(14)5-8/h2-5,7H,6H2,1H3. The Morgan fingerprint density at radius 3 is 2.82 bits per heavy atom. The molecule has 0 amide bonds. The molecule has 2 aromatic rings. The van der Waals surface area contributed by atoms with Gasteiger partial charge in [0.1, 0.15) is 11.5 Å². The second-order valence-electron chi connectivity index (χ2n) is 3.75. The van der Waals surface area contributed by atoms with Crippen molar-refractivity contribution in [2.45, 2.75) is 6.42 Å². The maximum Gasteiger partial charge on any atom is 0.187 e. The van der Waals surface area contributed by atoms with Gasteiger partial charge in [0.25, 0.3) is 0 Å². The van der Waals surface area contributed by atoms with E-state index in [9.17, 15) is 9.18 Å². The molecule has 88 valence electrons. The number of rotatable bonds is 3. The molecule has 0 atom stereocenters. The molecule has 1 aromatic heterocycles. The lowest BCUT2D eigenvalue weighted by molar-refractivity contribution is 0.0987. The first-order chi connectivity index (χ1) is 8.04. The molecule has 0 bridgehead atoms. The van der Waals surface area contributed by atoms with E-state index in [0.29, 0.717) is 15.7 Å². The smallest absolute Gasteiger partial charge is 0.187 e. The molecule has 5 heteroatoms. The zero-order chi connectivity index (χ0) is 12.4. The van der Waals surface area contributed by atoms with Gasteiger partial charge in [0.2, 0.25) is 0 Å². The second-order valence-corrected chi connectivity index (χ2v) is 4.67. The van der Waals surface area contributed by atoms with Crippen molar-refractivity contribution in [3.63, 3.8) is 0 Å². The largest absolute Gasteiger partial charge is 0.292 e. The SMILES string of the molecule is Cn1ccc(C(=O)Cc2cc(F)cc(Br)c2)n1. The van der Waals surface area contributed by atoms with Gasteiger partial charge in [-0.25, -0.2) is 4.39 Å². The fourth-order valence-corrected chi connectivity index (χ4v) is 2.07. The Morgan fingerprint density at radius 2 is 2.24 bits per heavy atom. The zero-order valence-corrected chi connectivity index (χ0v) is 10.7. The maximum atomic E-state index is 13.1. The molecule has 0 saturated carbocycles. The van der Waals surface area contributed by atoms with Crippen LogP contribution in [0.1, 0.15) is 16.1 Å². The number of aromatic nitrogens is 2. The molecule has 0 saturated heterocycles. The van der Waals surface area contributed by atoms with Crippen molar-refractivity contribution in [2.75, 3.05) is 0 Å². The van der Waals surface area contributed by atoms with Gasteiger partial charge in [-0.15, -0.1) is 0 Å². The molecule has 1 aromatic carbocycles. The summed E-state index contributed by atoms with van der Waals surface area (Å²) in [5.41, 5.74) is 1.03. The summed E-state index contributed by atoms with van der Waals surface area (Å²) in [4.78, 5) is 11.8. The number of ketones is 1. The van der Waals surface area contributed by atoms with Crippen LogP contribution < -0.4 is 0 Å². The van der Waals surface area contributed by atoms with Gasteiger partial charge in [-0.3, -0.25) is 9.48 Å². The third kappa shape index (κ3) is 3.00. The van der Waals surface area contributed by atoms with Gasteiger partial charge in [0.05, 0.1) is 0 Å². The van der Waals surface area contributed by atoms with E-state index in [1.54, 1.807) is 30.1 Å². The van der Waals surface area contributed by atoms with Crippen molar-refractivity contribution in [1.29, 1.82) is 0 Å². The first-order valence-electron chi connectivity index (χ1n) is 5.02. The molecule has 0 spiro atoms. The van der Waals surface area contributed by atoms with Crippen molar-refractivity contribution < 1.29 is 9.18 Å². The van der Waals surface area contributed by atoms with E-state index in [2.05, 4.69) is 21.0 Å². The molecule has 0 radical (unpaired) electrons. The minimum absolute atomic E-state index is 0.122. The number of nitrogens with zero attached hydrogens (tertiary/aromatic N) is 2. The van der Waals surface area contributed by atoms with Crippen LogP contribution in [-0.2, 0) is 13.5 Å². The minimum atomic E-state index is -0.358. The average molecular weight is 297 g/mol. The highest BCUT2D eigenvalue weighted by molar-refractivity contribution is 9.10. The maximum absolute atomic E-state index is 13.1. The summed E-state index contributed by atoms with van der Waals surface area (Å²) in [5.74, 6) is -0.480. The number of carbonyl (C=O) groups is 1. The van der Waals surface area contributed by atoms with Gasteiger partial charge >= 0.3 is 0 Å². The molecule has 17 heavy (non-hydrogen) atoms. The fraction of sp³-hybridized carbons (Fsp3) is 0.167. The summed E-state index contributed by atoms with van der Waals surface area (Å²) in [6.07, 6.45) is 1.85. The highest BCUT2D eigenvalue weighted by Gasteiger charge is 2.10. The molecule has 0 unspecified atom stereocenters. The zero-order valence-electron chi connectivity index (χ0n) is 9.15. The summed E-state index contributed by atoms with van der Waals surface area (Å²) in [7, 11) is 1.75. The molecule has 3 nitrogen and oxygen atoms in total. The van der Waals surface area contributed by atoms with Gasteiger partial charge < -0.3 is 0 Å². The van der Waals surface area contributed by atoms with Crippen LogP contribution in [0.25, 0.3) is 0 Å². The number of benzene rings is 1. The Hall–Kier alpha value is -1.49. The van der Waals surface area contributed by atoms with Gasteiger partial charge in [0.15, 0.2) is 5.78 Å². The molecule has 0 aliphatic heterocycles. The molecule has 0 N–H and O–H groups in total. The summed E-state index contributed by atoms with van der Waals surface area (Å²) >= 11 is 3.19. The number of hydrogen-bond donors (Lipinski definition) is 0. The Kier molecular flexibility index (Phi) is 3.38. The first-order valence-corrected chi connectivity index (χ1v) is 5.82. The minimum Gasteiger partial charge on any atom is -0.292 e. The number of carbonyl (C=O) groups excluding carboxylic acids is 1. The van der Waals surface area contributed by atoms with Crippen LogP contribution in [0, 0.1) is 5.82 Å². The molecule has 0 aliphatic rings. The number of Topliss-reactive ketones (excluding diaryl/α,β-unsaturated/α-hetero) is 1. The lowest BCUT2D eigenvalue weighted by atomic mass is 10.1. The highest BCUT2D eigenvalue weighted by atomic mass is 79.9. The van der Waals surface area contributed by atoms with E-state index in [1.165, 1.54) is 12.1 Å². The van der Waals surface area contributed by atoms with Crippen LogP contribution >= 0.6 is 15.9 Å². The lowest BCUT2D eigenvalue weighted by Gasteiger charge is -2.00. The number of hydrogen-bond acceptors (Lipinski definition) is 2. The highest BCUT2D eigenvalue weighted by Crippen LogP contribution is 2.16. The van der Waals surface area contributed by atoms with Crippen molar-refractivity contribution in [2.24, 2.45) is 7.05 Å². The summed E-state index contributed by atoms with van der Waals surface area (Å²) < 4.78 is 15.3. The third-order valence-corrected chi connectivity index (χ3v) is 2.74. The monoisotopic (exact) mass is 296 g/mol. The van der Waals surface area contributed by atoms with Crippen molar-refractivity contribution in [3.8, 4) is 0 Å². The van der Waals surface area contributed by atoms with Gasteiger partial charge in [-0.2, -0.15) is 5.10 Å². The van der Waals surface area contributed by atoms with E-state index in [-0.39, 0.29) is 18.0 Å². The van der Waals surface area contributed by atoms with Gasteiger partial charge in [-0.05, 0) is 29.8 Å². The predicted octanol–water partition coefficient (Wildman–Crippen LogP) is 2.75. The Labute approximate surface area is 106 Å². The van der Waals surface area contributed by atoms with Crippen molar-refractivity contribution in [3.05, 3.63) is 52.0 Å². The Morgan fingerprint density at radius 1 is 1.47 bits per heavy atom. The predicted molar refractivity (Wildman–Crippen MR) is 65.3 cm³/mol. The molecule has 0 aliphatic carbocycles. The van der Waals surface area contributed by atoms with Crippen LogP contribution in [0.2, 0.25) is 0 Å². The normalized spacial score (nSPS) is 10.5. The van der Waals surface area contributed by atoms with Gasteiger partial charge in [-0.1, -0.05) is 15.9 Å². The summed E-state index contributed by atoms with van der Waals surface area (Å²) in [6, 6.07) is 6.08. The quantitative estimate of drug-likeness (QED) is 0.817. The van der Waals surface area contributed by atoms with E-state index in [4.69, 9.17) is 0 Å². The topological polar surface area (TPSA) is 34.9 Å². The number of aryl methyl sites for hydroxylation is 1. The van der Waals surface area contributed by atoms with Crippen molar-refractivity contribution in [1.82, 2.24) is 9.78 Å². The number of halogens is 2. The van der Waals surface area contributed by atoms with Crippen LogP contribution in [0.4, 0.5) is 4.39 Å². The van der Waals surface area contributed by atoms with E-state index in [0.717, 1.165) is 0 Å². The molecule has 0 fully saturated rings. The summed E-state index contributed by atoms with van der Waals surface area (Å²) in [5, 5.41) is 4.01. The second kappa shape index (κ2) is 4.79. The fourth-order valence-electron chi connectivity index (χ4n) is 1.55. The third-order valence-electron chi connectivity index (χ3n) is 2.29. The molecular weight excluding hydrogens is 287 g/mol. The van der Waals surface area contributed by atoms with Crippen LogP contribution in [0.5, 0.6) is 0 Å². The Balaban J connectivity index is 2.18. The molecular formula is C12H10BrFN2O. The molecule has 2 rings (SSSR count). The Bertz CT molecular complexity index is 545. The van der Waals surface area contributed by atoms with E-state index in [1.807, 2.05) is 0 Å². The van der Waals surface area contributed by atoms with Crippen molar-refractivity contribution >= 4 is 21.7 Å². The van der Waals surface area contributed by atoms with Crippen LogP contribution in [0.3, 0.4) is 0 Å². The average Bonchev–Trinajstić information content (AvgIpc) is 2.63. The lowest BCUT2D eigenvalue weighted by Crippen LogP contribution is -2.05. The van der Waals surface area contributed by atoms with Gasteiger partial charge in [0, 0.05) is 24.1 Å². The van der Waals surface area contributed by atoms with Crippen LogP contribution in [-0.4, -0.2) is 15.6 Å². The van der Waals surface area contributed by atoms with E-state index >= 15 is 0 Å². The van der Waals surface area contributed by atoms with Crippen LogP contribution in [0.15, 0.2) is 34.9 Å². The molecule has 1 heterocycles.